The molecule has 0 saturated heterocycles. The van der Waals surface area contributed by atoms with Crippen molar-refractivity contribution in [1.29, 1.82) is 0 Å². The van der Waals surface area contributed by atoms with E-state index in [9.17, 15) is 14.3 Å². The molecule has 1 aromatic heterocycles. The Labute approximate surface area is 119 Å². The summed E-state index contributed by atoms with van der Waals surface area (Å²) in [5.74, 6) is -0.0219. The molecule has 0 unspecified atom stereocenters. The summed E-state index contributed by atoms with van der Waals surface area (Å²) < 4.78 is 18.3. The second-order valence-corrected chi connectivity index (χ2v) is 4.60. The highest BCUT2D eigenvalue weighted by Gasteiger charge is 2.13. The van der Waals surface area contributed by atoms with E-state index >= 15 is 0 Å². The Morgan fingerprint density at radius 3 is 2.71 bits per heavy atom. The molecular weight excluding hydrogens is 273 g/mol. The van der Waals surface area contributed by atoms with Crippen molar-refractivity contribution >= 4 is 10.8 Å². The number of benzene rings is 2. The van der Waals surface area contributed by atoms with E-state index in [0.29, 0.717) is 16.7 Å². The Kier molecular flexibility index (Phi) is 3.10. The Bertz CT molecular complexity index is 886. The van der Waals surface area contributed by atoms with E-state index in [0.717, 1.165) is 6.07 Å². The van der Waals surface area contributed by atoms with E-state index in [-0.39, 0.29) is 16.8 Å². The van der Waals surface area contributed by atoms with Gasteiger partial charge in [-0.15, -0.1) is 0 Å². The van der Waals surface area contributed by atoms with E-state index in [1.54, 1.807) is 24.3 Å². The van der Waals surface area contributed by atoms with Crippen LogP contribution >= 0.6 is 0 Å². The lowest BCUT2D eigenvalue weighted by Crippen LogP contribution is -2.08. The molecule has 0 aliphatic carbocycles. The van der Waals surface area contributed by atoms with Gasteiger partial charge < -0.3 is 14.8 Å². The highest BCUT2D eigenvalue weighted by Crippen LogP contribution is 2.33. The van der Waals surface area contributed by atoms with Gasteiger partial charge in [-0.1, -0.05) is 12.1 Å². The normalized spacial score (nSPS) is 10.8. The third-order valence-corrected chi connectivity index (χ3v) is 3.32. The molecule has 5 heteroatoms. The summed E-state index contributed by atoms with van der Waals surface area (Å²) in [5.41, 5.74) is 0.424. The third-order valence-electron chi connectivity index (χ3n) is 3.32. The molecule has 4 nitrogen and oxygen atoms in total. The Balaban J connectivity index is 2.31. The first-order valence-electron chi connectivity index (χ1n) is 6.29. The topological polar surface area (TPSA) is 62.3 Å². The number of nitrogens with one attached hydrogen (secondary N) is 1. The molecule has 1 heterocycles. The largest absolute Gasteiger partial charge is 0.505 e. The van der Waals surface area contributed by atoms with Crippen molar-refractivity contribution in [2.45, 2.75) is 0 Å². The van der Waals surface area contributed by atoms with Gasteiger partial charge in [-0.3, -0.25) is 4.79 Å². The highest BCUT2D eigenvalue weighted by atomic mass is 19.1. The fraction of sp³-hybridized carbons (Fsp3) is 0.0625. The van der Waals surface area contributed by atoms with Gasteiger partial charge in [0.15, 0.2) is 0 Å². The van der Waals surface area contributed by atoms with Crippen LogP contribution in [0.15, 0.2) is 47.3 Å². The molecule has 0 saturated carbocycles. The molecule has 0 spiro atoms. The van der Waals surface area contributed by atoms with Crippen LogP contribution in [0.25, 0.3) is 22.0 Å². The molecule has 0 bridgehead atoms. The maximum atomic E-state index is 13.2. The molecule has 0 aliphatic rings. The van der Waals surface area contributed by atoms with Gasteiger partial charge in [0, 0.05) is 10.9 Å². The fourth-order valence-electron chi connectivity index (χ4n) is 2.27. The van der Waals surface area contributed by atoms with E-state index in [1.807, 2.05) is 0 Å². The number of pyridine rings is 1. The second kappa shape index (κ2) is 4.94. The smallest absolute Gasteiger partial charge is 0.256 e. The SMILES string of the molecule is COc1cccc(-c2[nH]c(=O)c3cc(F)ccc3c2O)c1. The van der Waals surface area contributed by atoms with Crippen LogP contribution in [0, 0.1) is 5.82 Å². The molecule has 0 atom stereocenters. The molecule has 2 aromatic carbocycles. The third kappa shape index (κ3) is 2.23. The molecule has 3 rings (SSSR count). The van der Waals surface area contributed by atoms with Gasteiger partial charge in [-0.25, -0.2) is 4.39 Å². The average Bonchev–Trinajstić information content (AvgIpc) is 2.51. The molecule has 0 radical (unpaired) electrons. The number of H-pyrrole nitrogens is 1. The zero-order valence-electron chi connectivity index (χ0n) is 11.2. The van der Waals surface area contributed by atoms with Crippen molar-refractivity contribution in [1.82, 2.24) is 4.98 Å². The van der Waals surface area contributed by atoms with Crippen LogP contribution in [0.1, 0.15) is 0 Å². The number of methoxy groups -OCH3 is 1. The van der Waals surface area contributed by atoms with Crippen LogP contribution in [0.2, 0.25) is 0 Å². The number of halogens is 1. The number of aromatic amines is 1. The first kappa shape index (κ1) is 13.2. The molecule has 106 valence electrons. The summed E-state index contributed by atoms with van der Waals surface area (Å²) in [5, 5.41) is 10.8. The standard InChI is InChI=1S/C16H12FNO3/c1-21-11-4-2-3-9(7-11)14-15(19)12-6-5-10(17)8-13(12)16(20)18-14/h2-8,19H,1H3,(H,18,20). The summed E-state index contributed by atoms with van der Waals surface area (Å²) in [4.78, 5) is 14.7. The predicted octanol–water partition coefficient (Wildman–Crippen LogP) is 3.05. The maximum absolute atomic E-state index is 13.2. The van der Waals surface area contributed by atoms with Crippen LogP contribution in [0.5, 0.6) is 11.5 Å². The molecule has 0 fully saturated rings. The fourth-order valence-corrected chi connectivity index (χ4v) is 2.27. The van der Waals surface area contributed by atoms with Crippen LogP contribution < -0.4 is 10.3 Å². The molecular formula is C16H12FNO3. The van der Waals surface area contributed by atoms with Crippen molar-refractivity contribution in [2.24, 2.45) is 0 Å². The molecule has 2 N–H and O–H groups in total. The van der Waals surface area contributed by atoms with E-state index in [1.165, 1.54) is 19.2 Å². The number of ether oxygens (including phenoxy) is 1. The van der Waals surface area contributed by atoms with Crippen LogP contribution in [-0.2, 0) is 0 Å². The minimum Gasteiger partial charge on any atom is -0.505 e. The van der Waals surface area contributed by atoms with Crippen molar-refractivity contribution in [3.63, 3.8) is 0 Å². The lowest BCUT2D eigenvalue weighted by molar-refractivity contribution is 0.415. The zero-order valence-corrected chi connectivity index (χ0v) is 11.2. The Morgan fingerprint density at radius 2 is 1.95 bits per heavy atom. The van der Waals surface area contributed by atoms with Gasteiger partial charge in [0.05, 0.1) is 18.2 Å². The van der Waals surface area contributed by atoms with Crippen LogP contribution in [-0.4, -0.2) is 17.2 Å². The number of aromatic nitrogens is 1. The Morgan fingerprint density at radius 1 is 1.14 bits per heavy atom. The van der Waals surface area contributed by atoms with Gasteiger partial charge in [0.25, 0.3) is 5.56 Å². The molecule has 3 aromatic rings. The van der Waals surface area contributed by atoms with E-state index in [2.05, 4.69) is 4.98 Å². The number of aromatic hydroxyl groups is 1. The van der Waals surface area contributed by atoms with Crippen LogP contribution in [0.4, 0.5) is 4.39 Å². The summed E-state index contributed by atoms with van der Waals surface area (Å²) in [6, 6.07) is 10.6. The number of fused-ring (bicyclic) bond motifs is 1. The molecule has 21 heavy (non-hydrogen) atoms. The van der Waals surface area contributed by atoms with Crippen molar-refractivity contribution in [2.75, 3.05) is 7.11 Å². The van der Waals surface area contributed by atoms with Gasteiger partial charge >= 0.3 is 0 Å². The predicted molar refractivity (Wildman–Crippen MR) is 78.2 cm³/mol. The van der Waals surface area contributed by atoms with Crippen molar-refractivity contribution in [3.05, 3.63) is 58.6 Å². The summed E-state index contributed by atoms with van der Waals surface area (Å²) >= 11 is 0. The Hall–Kier alpha value is -2.82. The minimum atomic E-state index is -0.526. The molecule has 0 amide bonds. The van der Waals surface area contributed by atoms with E-state index in [4.69, 9.17) is 4.74 Å². The monoisotopic (exact) mass is 285 g/mol. The lowest BCUT2D eigenvalue weighted by atomic mass is 10.1. The summed E-state index contributed by atoms with van der Waals surface area (Å²) in [6.45, 7) is 0. The number of rotatable bonds is 2. The van der Waals surface area contributed by atoms with E-state index < -0.39 is 11.4 Å². The van der Waals surface area contributed by atoms with Crippen molar-refractivity contribution in [3.8, 4) is 22.8 Å². The first-order chi connectivity index (χ1) is 10.1. The van der Waals surface area contributed by atoms with Crippen molar-refractivity contribution < 1.29 is 14.2 Å². The quantitative estimate of drug-likeness (QED) is 0.760. The van der Waals surface area contributed by atoms with Gasteiger partial charge in [-0.2, -0.15) is 0 Å². The van der Waals surface area contributed by atoms with Gasteiger partial charge in [0.1, 0.15) is 17.3 Å². The summed E-state index contributed by atoms with van der Waals surface area (Å²) in [6.07, 6.45) is 0. The van der Waals surface area contributed by atoms with Crippen LogP contribution in [0.3, 0.4) is 0 Å². The van der Waals surface area contributed by atoms with Gasteiger partial charge in [-0.05, 0) is 30.3 Å². The lowest BCUT2D eigenvalue weighted by Gasteiger charge is -2.09. The highest BCUT2D eigenvalue weighted by molar-refractivity contribution is 5.92. The number of hydrogen-bond donors (Lipinski definition) is 2. The summed E-state index contributed by atoms with van der Waals surface area (Å²) in [7, 11) is 1.53. The second-order valence-electron chi connectivity index (χ2n) is 4.60. The zero-order chi connectivity index (χ0) is 15.0. The first-order valence-corrected chi connectivity index (χ1v) is 6.29. The maximum Gasteiger partial charge on any atom is 0.256 e. The minimum absolute atomic E-state index is 0.0992. The van der Waals surface area contributed by atoms with Gasteiger partial charge in [0.2, 0.25) is 0 Å². The number of hydrogen-bond acceptors (Lipinski definition) is 3. The average molecular weight is 285 g/mol. The molecule has 0 aliphatic heterocycles.